The third kappa shape index (κ3) is 7.48. The molecule has 3 aromatic rings. The van der Waals surface area contributed by atoms with Gasteiger partial charge in [0.2, 0.25) is 0 Å². The number of hydrogen-bond donors (Lipinski definition) is 3. The molecule has 2 aliphatic rings. The summed E-state index contributed by atoms with van der Waals surface area (Å²) >= 11 is 9.04. The van der Waals surface area contributed by atoms with Crippen LogP contribution in [0.5, 0.6) is 5.75 Å². The van der Waals surface area contributed by atoms with E-state index in [0.717, 1.165) is 59.7 Å². The number of methoxy groups -OCH3 is 1. The topological polar surface area (TPSA) is 206 Å². The van der Waals surface area contributed by atoms with Crippen molar-refractivity contribution in [1.82, 2.24) is 14.0 Å². The van der Waals surface area contributed by atoms with E-state index >= 15 is 0 Å². The van der Waals surface area contributed by atoms with Crippen molar-refractivity contribution in [1.29, 1.82) is 0 Å². The van der Waals surface area contributed by atoms with Gasteiger partial charge in [-0.1, -0.05) is 35.7 Å². The van der Waals surface area contributed by atoms with E-state index in [2.05, 4.69) is 0 Å². The van der Waals surface area contributed by atoms with E-state index in [1.807, 2.05) is 24.0 Å². The first-order chi connectivity index (χ1) is 23.4. The van der Waals surface area contributed by atoms with E-state index in [1.165, 1.54) is 30.8 Å². The number of carbonyl (C=O) groups is 3. The van der Waals surface area contributed by atoms with Gasteiger partial charge >= 0.3 is 11.9 Å². The molecule has 1 amide bonds. The zero-order valence-electron chi connectivity index (χ0n) is 26.6. The highest BCUT2D eigenvalue weighted by atomic mass is 32.2. The lowest BCUT2D eigenvalue weighted by atomic mass is 10.2. The summed E-state index contributed by atoms with van der Waals surface area (Å²) in [4.78, 5) is 68.1. The van der Waals surface area contributed by atoms with Crippen LogP contribution in [0.4, 0.5) is 5.69 Å². The molecule has 15 nitrogen and oxygen atoms in total. The van der Waals surface area contributed by atoms with E-state index in [4.69, 9.17) is 17.0 Å². The number of aromatic nitrogens is 2. The molecule has 1 aromatic carbocycles. The van der Waals surface area contributed by atoms with E-state index in [9.17, 15) is 47.2 Å². The SMILES string of the molecule is COc1cc2c(cc1C)N(CCCS(=O)(=O)O)C(=CC(C)=c1s/c(=c3/s/c(=C4/SC(=S)N(C)C4=O)n(CC(=O)O)c3=O)n(CC(=O)O)c1=O)S2. The fourth-order valence-corrected chi connectivity index (χ4v) is 10.5. The van der Waals surface area contributed by atoms with Gasteiger partial charge in [0.25, 0.3) is 27.1 Å². The number of carboxylic acid groups (broad SMARTS) is 2. The summed E-state index contributed by atoms with van der Waals surface area (Å²) < 4.78 is 39.6. The minimum Gasteiger partial charge on any atom is -0.496 e. The Morgan fingerprint density at radius 1 is 1.00 bits per heavy atom. The van der Waals surface area contributed by atoms with E-state index in [-0.39, 0.29) is 40.6 Å². The first-order valence-corrected chi connectivity index (χ1v) is 19.6. The van der Waals surface area contributed by atoms with Crippen LogP contribution in [0.25, 0.3) is 10.5 Å². The molecule has 5 rings (SSSR count). The molecular weight excluding hydrogens is 773 g/mol. The molecule has 0 spiro atoms. The number of fused-ring (bicyclic) bond motifs is 1. The molecule has 50 heavy (non-hydrogen) atoms. The number of carboxylic acids is 2. The fraction of sp³-hybridized carbons (Fsp3) is 0.310. The molecule has 266 valence electrons. The van der Waals surface area contributed by atoms with Crippen LogP contribution in [-0.2, 0) is 37.6 Å². The van der Waals surface area contributed by atoms with Crippen molar-refractivity contribution in [3.63, 3.8) is 0 Å². The fourth-order valence-electron chi connectivity index (χ4n) is 5.12. The third-order valence-electron chi connectivity index (χ3n) is 7.43. The molecule has 0 atom stereocenters. The Labute approximate surface area is 304 Å². The number of rotatable bonds is 10. The zero-order chi connectivity index (χ0) is 36.8. The molecule has 1 saturated heterocycles. The molecule has 3 N–H and O–H groups in total. The number of nitrogens with zero attached hydrogens (tertiary/aromatic N) is 4. The standard InChI is InChI=1S/C29H28N4O11S6/c1-13-8-15-17(10-16(13)44-4)46-18(31(15)6-5-7-50(41,42)43)9-14(2)21-25(39)32(11-19(34)35)28(47-21)23-26(40)33(12-20(36)37)27(48-23)22-24(38)30(3)29(45)49-22/h8-10H,5-7,11-12H2,1-4H3,(H,34,35)(H,36,37)(H,41,42,43)/b18-9?,21-14?,27-22+,28-23+. The van der Waals surface area contributed by atoms with Gasteiger partial charge in [0.1, 0.15) is 41.9 Å². The number of benzene rings is 1. The monoisotopic (exact) mass is 800 g/mol. The highest BCUT2D eigenvalue weighted by Gasteiger charge is 2.32. The second kappa shape index (κ2) is 14.5. The summed E-state index contributed by atoms with van der Waals surface area (Å²) in [6, 6.07) is 3.71. The highest BCUT2D eigenvalue weighted by molar-refractivity contribution is 8.30. The number of allylic oxidation sites excluding steroid dienone is 1. The van der Waals surface area contributed by atoms with Crippen LogP contribution in [0.1, 0.15) is 18.9 Å². The quantitative estimate of drug-likeness (QED) is 0.196. The Balaban J connectivity index is 1.78. The van der Waals surface area contributed by atoms with Crippen molar-refractivity contribution in [2.75, 3.05) is 31.4 Å². The number of ether oxygens (including phenoxy) is 1. The van der Waals surface area contributed by atoms with Gasteiger partial charge in [-0.3, -0.25) is 42.6 Å². The highest BCUT2D eigenvalue weighted by Crippen LogP contribution is 2.48. The minimum absolute atomic E-state index is 0.00701. The van der Waals surface area contributed by atoms with E-state index in [0.29, 0.717) is 16.4 Å². The molecule has 0 bridgehead atoms. The van der Waals surface area contributed by atoms with Gasteiger partial charge in [-0.2, -0.15) is 8.42 Å². The summed E-state index contributed by atoms with van der Waals surface area (Å²) in [5.74, 6) is -3.11. The Morgan fingerprint density at radius 3 is 2.20 bits per heavy atom. The number of thiocarbonyl (C=S) groups is 1. The Kier molecular flexibility index (Phi) is 10.9. The van der Waals surface area contributed by atoms with Crippen molar-refractivity contribution < 1.29 is 42.3 Å². The van der Waals surface area contributed by atoms with Crippen molar-refractivity contribution in [3.8, 4) is 5.75 Å². The van der Waals surface area contributed by atoms with Gasteiger partial charge in [-0.25, -0.2) is 0 Å². The second-order valence-corrected chi connectivity index (χ2v) is 17.2. The smallest absolute Gasteiger partial charge is 0.323 e. The van der Waals surface area contributed by atoms with Gasteiger partial charge in [0.15, 0.2) is 0 Å². The van der Waals surface area contributed by atoms with Crippen molar-refractivity contribution in [2.45, 2.75) is 38.3 Å². The molecule has 0 saturated carbocycles. The molecule has 1 fully saturated rings. The zero-order valence-corrected chi connectivity index (χ0v) is 31.5. The van der Waals surface area contributed by atoms with E-state index in [1.54, 1.807) is 13.0 Å². The molecule has 0 aliphatic carbocycles. The number of hydrogen-bond acceptors (Lipinski definition) is 14. The maximum atomic E-state index is 13.8. The summed E-state index contributed by atoms with van der Waals surface area (Å²) in [6.45, 7) is 2.07. The number of anilines is 1. The average molecular weight is 801 g/mol. The maximum absolute atomic E-state index is 13.8. The summed E-state index contributed by atoms with van der Waals surface area (Å²) in [7, 11) is -1.25. The lowest BCUT2D eigenvalue weighted by Crippen LogP contribution is -2.32. The van der Waals surface area contributed by atoms with E-state index < -0.39 is 57.9 Å². The normalized spacial score (nSPS) is 17.9. The predicted molar refractivity (Wildman–Crippen MR) is 195 cm³/mol. The Morgan fingerprint density at radius 2 is 1.64 bits per heavy atom. The third-order valence-corrected chi connectivity index (χ3v) is 13.6. The van der Waals surface area contributed by atoms with Crippen molar-refractivity contribution in [2.24, 2.45) is 0 Å². The first-order valence-electron chi connectivity index (χ1n) is 14.3. The van der Waals surface area contributed by atoms with Gasteiger partial charge in [0.05, 0.1) is 28.1 Å². The summed E-state index contributed by atoms with van der Waals surface area (Å²) in [5.41, 5.74) is 0.436. The number of amides is 1. The Bertz CT molecular complexity index is 2480. The van der Waals surface area contributed by atoms with Crippen LogP contribution >= 0.6 is 58.4 Å². The second-order valence-electron chi connectivity index (χ2n) is 11.0. The van der Waals surface area contributed by atoms with Crippen LogP contribution in [0, 0.1) is 16.1 Å². The number of carbonyl (C=O) groups excluding carboxylic acids is 1. The van der Waals surface area contributed by atoms with Gasteiger partial charge < -0.3 is 19.8 Å². The summed E-state index contributed by atoms with van der Waals surface area (Å²) in [5, 5.41) is 19.9. The van der Waals surface area contributed by atoms with Gasteiger partial charge in [-0.15, -0.1) is 22.7 Å². The largest absolute Gasteiger partial charge is 0.496 e. The van der Waals surface area contributed by atoms with Gasteiger partial charge in [0, 0.05) is 18.5 Å². The van der Waals surface area contributed by atoms with Gasteiger partial charge in [-0.05, 0) is 49.6 Å². The predicted octanol–water partition coefficient (Wildman–Crippen LogP) is 1.41. The van der Waals surface area contributed by atoms with Crippen LogP contribution in [0.2, 0.25) is 0 Å². The van der Waals surface area contributed by atoms with Crippen LogP contribution in [0.15, 0.2) is 37.7 Å². The number of thiazole rings is 2. The Hall–Kier alpha value is -3.73. The molecule has 2 aromatic heterocycles. The average Bonchev–Trinajstić information content (AvgIpc) is 3.70. The number of aliphatic carboxylic acids is 2. The molecular formula is C29H28N4O11S6. The maximum Gasteiger partial charge on any atom is 0.323 e. The summed E-state index contributed by atoms with van der Waals surface area (Å²) in [6.07, 6.45) is 1.77. The first kappa shape index (κ1) is 37.5. The van der Waals surface area contributed by atoms with Crippen LogP contribution in [0.3, 0.4) is 0 Å². The molecule has 21 heteroatoms. The lowest BCUT2D eigenvalue weighted by Gasteiger charge is -2.21. The van der Waals surface area contributed by atoms with Crippen molar-refractivity contribution in [3.05, 3.63) is 67.9 Å². The van der Waals surface area contributed by atoms with Crippen LogP contribution in [-0.4, -0.2) is 85.8 Å². The lowest BCUT2D eigenvalue weighted by molar-refractivity contribution is -0.138. The molecule has 0 radical (unpaired) electrons. The van der Waals surface area contributed by atoms with Crippen molar-refractivity contribution >= 4 is 107 Å². The number of thioether (sulfide) groups is 2. The molecule has 2 aliphatic heterocycles. The van der Waals surface area contributed by atoms with Crippen LogP contribution < -0.4 is 30.0 Å². The molecule has 4 heterocycles. The minimum atomic E-state index is -4.22. The molecule has 0 unspecified atom stereocenters. The number of aryl methyl sites for hydroxylation is 1.